The number of nitrogens with zero attached hydrogens (tertiary/aromatic N) is 1. The Hall–Kier alpha value is -1.97. The van der Waals surface area contributed by atoms with E-state index in [2.05, 4.69) is 21.6 Å². The molecule has 4 N–H and O–H groups in total. The highest BCUT2D eigenvalue weighted by atomic mass is 15.2. The maximum absolute atomic E-state index is 6.01. The molecule has 1 aromatic heterocycles. The number of nitrogens with one attached hydrogen (secondary N) is 2. The van der Waals surface area contributed by atoms with E-state index in [1.807, 2.05) is 24.3 Å². The van der Waals surface area contributed by atoms with Crippen LogP contribution in [0.4, 0.5) is 17.2 Å². The highest BCUT2D eigenvalue weighted by Gasteiger charge is 2.49. The Morgan fingerprint density at radius 3 is 2.39 bits per heavy atom. The molecule has 0 aliphatic heterocycles. The molecule has 1 heterocycles. The number of nitrogen functional groups attached to an aromatic ring is 1. The van der Waals surface area contributed by atoms with Crippen LogP contribution >= 0.6 is 0 Å². The molecule has 4 heteroatoms. The maximum Gasteiger partial charge on any atom is 0.152 e. The van der Waals surface area contributed by atoms with E-state index in [9.17, 15) is 0 Å². The summed E-state index contributed by atoms with van der Waals surface area (Å²) in [6, 6.07) is 10.1. The summed E-state index contributed by atoms with van der Waals surface area (Å²) in [6.45, 7) is 0. The van der Waals surface area contributed by atoms with Crippen molar-refractivity contribution in [2.45, 2.75) is 38.0 Å². The summed E-state index contributed by atoms with van der Waals surface area (Å²) in [4.78, 5) is 0. The van der Waals surface area contributed by atoms with Crippen LogP contribution in [-0.4, -0.2) is 10.2 Å². The molecule has 0 amide bonds. The summed E-state index contributed by atoms with van der Waals surface area (Å²) in [6.07, 6.45) is 7.25. The van der Waals surface area contributed by atoms with E-state index in [1.165, 1.54) is 37.8 Å². The standard InChI is InChI=1S/C19H24N4/c20-15-3-1-2-4-16(15)21-18-10-17(22-23-18)19-13-6-11-5-12(8-13)9-14(19)7-11/h1-4,10-14,19H,5-9,20H2,(H2,21,22,23). The fraction of sp³-hybridized carbons (Fsp3) is 0.526. The fourth-order valence-corrected chi connectivity index (χ4v) is 5.75. The number of aromatic amines is 1. The molecule has 0 radical (unpaired) electrons. The predicted octanol–water partition coefficient (Wildman–Crippen LogP) is 4.28. The maximum atomic E-state index is 6.01. The second kappa shape index (κ2) is 5.02. The van der Waals surface area contributed by atoms with Gasteiger partial charge in [-0.1, -0.05) is 12.1 Å². The third kappa shape index (κ3) is 2.23. The number of H-pyrrole nitrogens is 1. The van der Waals surface area contributed by atoms with Crippen molar-refractivity contribution in [1.82, 2.24) is 10.2 Å². The van der Waals surface area contributed by atoms with Gasteiger partial charge < -0.3 is 11.1 Å². The lowest BCUT2D eigenvalue weighted by atomic mass is 9.51. The molecule has 2 aromatic rings. The van der Waals surface area contributed by atoms with Gasteiger partial charge in [0.15, 0.2) is 5.82 Å². The van der Waals surface area contributed by atoms with Crippen molar-refractivity contribution < 1.29 is 0 Å². The third-order valence-corrected chi connectivity index (χ3v) is 6.41. The van der Waals surface area contributed by atoms with Crippen molar-refractivity contribution in [2.75, 3.05) is 11.1 Å². The zero-order valence-corrected chi connectivity index (χ0v) is 13.3. The first kappa shape index (κ1) is 13.5. The highest BCUT2D eigenvalue weighted by Crippen LogP contribution is 2.59. The summed E-state index contributed by atoms with van der Waals surface area (Å²) >= 11 is 0. The van der Waals surface area contributed by atoms with Gasteiger partial charge in [-0.15, -0.1) is 0 Å². The molecule has 0 atom stereocenters. The average Bonchev–Trinajstić information content (AvgIpc) is 2.97. The largest absolute Gasteiger partial charge is 0.397 e. The van der Waals surface area contributed by atoms with Gasteiger partial charge in [0.25, 0.3) is 0 Å². The normalized spacial score (nSPS) is 34.7. The van der Waals surface area contributed by atoms with E-state index in [0.717, 1.165) is 40.9 Å². The van der Waals surface area contributed by atoms with Crippen LogP contribution in [0, 0.1) is 23.7 Å². The summed E-state index contributed by atoms with van der Waals surface area (Å²) < 4.78 is 0. The third-order valence-electron chi connectivity index (χ3n) is 6.41. The molecule has 4 nitrogen and oxygen atoms in total. The molecule has 0 spiro atoms. The lowest BCUT2D eigenvalue weighted by Gasteiger charge is -2.54. The number of para-hydroxylation sites is 2. The Balaban J connectivity index is 1.39. The minimum Gasteiger partial charge on any atom is -0.397 e. The van der Waals surface area contributed by atoms with Crippen molar-refractivity contribution in [3.05, 3.63) is 36.0 Å². The van der Waals surface area contributed by atoms with Gasteiger partial charge in [0, 0.05) is 17.7 Å². The Labute approximate surface area is 136 Å². The van der Waals surface area contributed by atoms with Crippen LogP contribution in [0.1, 0.15) is 43.7 Å². The Morgan fingerprint density at radius 1 is 1.00 bits per heavy atom. The number of hydrogen-bond donors (Lipinski definition) is 3. The Bertz CT molecular complexity index is 692. The molecule has 0 saturated heterocycles. The smallest absolute Gasteiger partial charge is 0.152 e. The number of aromatic nitrogens is 2. The zero-order chi connectivity index (χ0) is 15.4. The van der Waals surface area contributed by atoms with Crippen LogP contribution < -0.4 is 11.1 Å². The van der Waals surface area contributed by atoms with Gasteiger partial charge >= 0.3 is 0 Å². The molecule has 6 rings (SSSR count). The molecular formula is C19H24N4. The van der Waals surface area contributed by atoms with Crippen LogP contribution in [0.3, 0.4) is 0 Å². The van der Waals surface area contributed by atoms with E-state index >= 15 is 0 Å². The van der Waals surface area contributed by atoms with Crippen molar-refractivity contribution in [2.24, 2.45) is 23.7 Å². The average molecular weight is 308 g/mol. The molecule has 4 aliphatic rings. The number of anilines is 3. The fourth-order valence-electron chi connectivity index (χ4n) is 5.75. The minimum atomic E-state index is 0.693. The number of benzene rings is 1. The van der Waals surface area contributed by atoms with Crippen molar-refractivity contribution in [1.29, 1.82) is 0 Å². The van der Waals surface area contributed by atoms with Gasteiger partial charge in [-0.05, 0) is 67.9 Å². The van der Waals surface area contributed by atoms with Gasteiger partial charge in [0.05, 0.1) is 11.4 Å². The lowest BCUT2D eigenvalue weighted by Crippen LogP contribution is -2.43. The number of nitrogens with two attached hydrogens (primary N) is 1. The SMILES string of the molecule is Nc1ccccc1Nc1cc(C2C3CC4CC(C3)CC2C4)[nH]n1. The van der Waals surface area contributed by atoms with Crippen LogP contribution in [0.15, 0.2) is 30.3 Å². The monoisotopic (exact) mass is 308 g/mol. The molecule has 4 bridgehead atoms. The topological polar surface area (TPSA) is 66.7 Å². The summed E-state index contributed by atoms with van der Waals surface area (Å²) in [5, 5.41) is 11.2. The summed E-state index contributed by atoms with van der Waals surface area (Å²) in [5.74, 6) is 5.35. The predicted molar refractivity (Wildman–Crippen MR) is 92.5 cm³/mol. The highest BCUT2D eigenvalue weighted by molar-refractivity contribution is 5.70. The van der Waals surface area contributed by atoms with Crippen molar-refractivity contribution in [3.63, 3.8) is 0 Å². The second-order valence-electron chi connectivity index (χ2n) is 7.88. The van der Waals surface area contributed by atoms with E-state index in [1.54, 1.807) is 0 Å². The molecule has 120 valence electrons. The molecule has 4 saturated carbocycles. The van der Waals surface area contributed by atoms with Crippen LogP contribution in [0.2, 0.25) is 0 Å². The van der Waals surface area contributed by atoms with E-state index in [4.69, 9.17) is 5.73 Å². The van der Waals surface area contributed by atoms with E-state index < -0.39 is 0 Å². The van der Waals surface area contributed by atoms with E-state index in [-0.39, 0.29) is 0 Å². The van der Waals surface area contributed by atoms with Crippen molar-refractivity contribution >= 4 is 17.2 Å². The quantitative estimate of drug-likeness (QED) is 0.742. The van der Waals surface area contributed by atoms with Crippen LogP contribution in [-0.2, 0) is 0 Å². The van der Waals surface area contributed by atoms with Crippen LogP contribution in [0.25, 0.3) is 0 Å². The second-order valence-corrected chi connectivity index (χ2v) is 7.88. The van der Waals surface area contributed by atoms with E-state index in [0.29, 0.717) is 5.92 Å². The number of rotatable bonds is 3. The van der Waals surface area contributed by atoms with Gasteiger partial charge in [-0.2, -0.15) is 5.10 Å². The van der Waals surface area contributed by atoms with Gasteiger partial charge in [-0.25, -0.2) is 0 Å². The molecule has 4 fully saturated rings. The zero-order valence-electron chi connectivity index (χ0n) is 13.3. The Morgan fingerprint density at radius 2 is 1.70 bits per heavy atom. The van der Waals surface area contributed by atoms with Gasteiger partial charge in [0.1, 0.15) is 0 Å². The molecular weight excluding hydrogens is 284 g/mol. The summed E-state index contributed by atoms with van der Waals surface area (Å²) in [5.41, 5.74) is 9.02. The molecule has 1 aromatic carbocycles. The Kier molecular flexibility index (Phi) is 2.94. The first-order valence-corrected chi connectivity index (χ1v) is 8.93. The minimum absolute atomic E-state index is 0.693. The van der Waals surface area contributed by atoms with Crippen molar-refractivity contribution in [3.8, 4) is 0 Å². The lowest BCUT2D eigenvalue weighted by molar-refractivity contribution is -0.00416. The molecule has 23 heavy (non-hydrogen) atoms. The first-order chi connectivity index (χ1) is 11.3. The molecule has 0 unspecified atom stereocenters. The number of hydrogen-bond acceptors (Lipinski definition) is 3. The van der Waals surface area contributed by atoms with Gasteiger partial charge in [0.2, 0.25) is 0 Å². The van der Waals surface area contributed by atoms with Crippen LogP contribution in [0.5, 0.6) is 0 Å². The summed E-state index contributed by atoms with van der Waals surface area (Å²) in [7, 11) is 0. The first-order valence-electron chi connectivity index (χ1n) is 8.93. The van der Waals surface area contributed by atoms with Gasteiger partial charge in [-0.3, -0.25) is 5.10 Å². The molecule has 4 aliphatic carbocycles.